The zero-order valence-electron chi connectivity index (χ0n) is 14.3. The van der Waals surface area contributed by atoms with Gasteiger partial charge < -0.3 is 15.8 Å². The molecule has 2 aromatic rings. The Morgan fingerprint density at radius 3 is 2.54 bits per heavy atom. The summed E-state index contributed by atoms with van der Waals surface area (Å²) in [7, 11) is 1.66. The molecular formula is C18H25ClN2O2S. The van der Waals surface area contributed by atoms with Gasteiger partial charge in [-0.25, -0.2) is 0 Å². The lowest BCUT2D eigenvalue weighted by molar-refractivity contribution is -0.126. The largest absolute Gasteiger partial charge is 0.497 e. The Labute approximate surface area is 153 Å². The maximum Gasteiger partial charge on any atom is 0.240 e. The molecule has 132 valence electrons. The summed E-state index contributed by atoms with van der Waals surface area (Å²) in [5, 5.41) is 5.03. The van der Waals surface area contributed by atoms with Crippen molar-refractivity contribution in [2.75, 3.05) is 7.11 Å². The van der Waals surface area contributed by atoms with Crippen molar-refractivity contribution in [3.63, 3.8) is 0 Å². The van der Waals surface area contributed by atoms with Crippen molar-refractivity contribution < 1.29 is 9.53 Å². The highest BCUT2D eigenvalue weighted by molar-refractivity contribution is 7.10. The maximum absolute atomic E-state index is 12.1. The minimum Gasteiger partial charge on any atom is -0.497 e. The molecule has 6 heteroatoms. The van der Waals surface area contributed by atoms with Gasteiger partial charge in [0.25, 0.3) is 0 Å². The molecule has 0 aliphatic rings. The minimum absolute atomic E-state index is 0. The van der Waals surface area contributed by atoms with E-state index in [-0.39, 0.29) is 18.3 Å². The van der Waals surface area contributed by atoms with E-state index in [1.54, 1.807) is 25.4 Å². The number of nitrogens with one attached hydrogen (secondary N) is 1. The van der Waals surface area contributed by atoms with Crippen LogP contribution >= 0.6 is 23.7 Å². The summed E-state index contributed by atoms with van der Waals surface area (Å²) in [5.41, 5.74) is 7.52. The van der Waals surface area contributed by atoms with Crippen LogP contribution < -0.4 is 15.8 Å². The van der Waals surface area contributed by atoms with E-state index < -0.39 is 5.54 Å². The molecule has 0 saturated heterocycles. The van der Waals surface area contributed by atoms with Crippen molar-refractivity contribution in [3.05, 3.63) is 40.6 Å². The second kappa shape index (κ2) is 9.06. The molecule has 0 fully saturated rings. The first-order chi connectivity index (χ1) is 11.0. The van der Waals surface area contributed by atoms with Crippen LogP contribution in [0.5, 0.6) is 5.75 Å². The van der Waals surface area contributed by atoms with Crippen molar-refractivity contribution in [2.24, 2.45) is 5.73 Å². The Morgan fingerprint density at radius 1 is 1.29 bits per heavy atom. The van der Waals surface area contributed by atoms with Gasteiger partial charge in [0.05, 0.1) is 19.2 Å². The average molecular weight is 369 g/mol. The fourth-order valence-corrected chi connectivity index (χ4v) is 3.24. The highest BCUT2D eigenvalue weighted by Gasteiger charge is 2.26. The molecule has 0 radical (unpaired) electrons. The molecule has 2 rings (SSSR count). The first-order valence-corrected chi connectivity index (χ1v) is 8.63. The van der Waals surface area contributed by atoms with E-state index in [1.807, 2.05) is 31.2 Å². The van der Waals surface area contributed by atoms with Gasteiger partial charge in [0.1, 0.15) is 5.75 Å². The summed E-state index contributed by atoms with van der Waals surface area (Å²) in [6.07, 6.45) is 1.57. The molecule has 24 heavy (non-hydrogen) atoms. The SMILES string of the molecule is CCCC(C)(N)C(=O)NCc1cc(-c2ccc(OC)cc2)cs1.Cl. The summed E-state index contributed by atoms with van der Waals surface area (Å²) >= 11 is 1.63. The van der Waals surface area contributed by atoms with Crippen LogP contribution in [0.3, 0.4) is 0 Å². The lowest BCUT2D eigenvalue weighted by Crippen LogP contribution is -2.51. The smallest absolute Gasteiger partial charge is 0.240 e. The predicted octanol–water partition coefficient (Wildman–Crippen LogP) is 3.98. The summed E-state index contributed by atoms with van der Waals surface area (Å²) in [5.74, 6) is 0.744. The Kier molecular flexibility index (Phi) is 7.73. The monoisotopic (exact) mass is 368 g/mol. The Balaban J connectivity index is 0.00000288. The predicted molar refractivity (Wildman–Crippen MR) is 103 cm³/mol. The van der Waals surface area contributed by atoms with E-state index in [4.69, 9.17) is 10.5 Å². The number of benzene rings is 1. The first-order valence-electron chi connectivity index (χ1n) is 7.75. The molecule has 0 aliphatic heterocycles. The number of nitrogens with two attached hydrogens (primary N) is 1. The van der Waals surface area contributed by atoms with Crippen LogP contribution in [0.4, 0.5) is 0 Å². The molecular weight excluding hydrogens is 344 g/mol. The van der Waals surface area contributed by atoms with Crippen LogP contribution in [0.2, 0.25) is 0 Å². The van der Waals surface area contributed by atoms with Crippen molar-refractivity contribution >= 4 is 29.7 Å². The molecule has 0 bridgehead atoms. The molecule has 1 unspecified atom stereocenters. The average Bonchev–Trinajstić information content (AvgIpc) is 3.01. The number of hydrogen-bond acceptors (Lipinski definition) is 4. The molecule has 1 aromatic carbocycles. The van der Waals surface area contributed by atoms with Gasteiger partial charge in [0.15, 0.2) is 0 Å². The molecule has 1 atom stereocenters. The number of rotatable bonds is 7. The van der Waals surface area contributed by atoms with E-state index in [2.05, 4.69) is 16.8 Å². The van der Waals surface area contributed by atoms with Crippen molar-refractivity contribution in [1.29, 1.82) is 0 Å². The molecule has 0 spiro atoms. The topological polar surface area (TPSA) is 64.4 Å². The third-order valence-corrected chi connectivity index (χ3v) is 4.73. The summed E-state index contributed by atoms with van der Waals surface area (Å²) < 4.78 is 5.17. The van der Waals surface area contributed by atoms with Crippen molar-refractivity contribution in [1.82, 2.24) is 5.32 Å². The van der Waals surface area contributed by atoms with E-state index in [1.165, 1.54) is 0 Å². The second-order valence-corrected chi connectivity index (χ2v) is 6.88. The number of carbonyl (C=O) groups excluding carboxylic acids is 1. The number of methoxy groups -OCH3 is 1. The van der Waals surface area contributed by atoms with Crippen LogP contribution in [0.1, 0.15) is 31.6 Å². The maximum atomic E-state index is 12.1. The third-order valence-electron chi connectivity index (χ3n) is 3.79. The normalized spacial score (nSPS) is 12.8. The minimum atomic E-state index is -0.801. The Bertz CT molecular complexity index is 653. The summed E-state index contributed by atoms with van der Waals surface area (Å²) in [6.45, 7) is 4.32. The number of halogens is 1. The standard InChI is InChI=1S/C18H24N2O2S.ClH/c1-4-9-18(2,19)17(21)20-11-16-10-14(12-23-16)13-5-7-15(22-3)8-6-13;/h5-8,10,12H,4,9,11,19H2,1-3H3,(H,20,21);1H. The summed E-state index contributed by atoms with van der Waals surface area (Å²) in [6, 6.07) is 10.0. The molecule has 0 saturated carbocycles. The number of hydrogen-bond donors (Lipinski definition) is 2. The van der Waals surface area contributed by atoms with Crippen LogP contribution in [0, 0.1) is 0 Å². The molecule has 4 nitrogen and oxygen atoms in total. The Morgan fingerprint density at radius 2 is 1.96 bits per heavy atom. The van der Waals surface area contributed by atoms with Gasteiger partial charge in [-0.3, -0.25) is 4.79 Å². The van der Waals surface area contributed by atoms with Gasteiger partial charge in [-0.2, -0.15) is 0 Å². The molecule has 0 aliphatic carbocycles. The van der Waals surface area contributed by atoms with Gasteiger partial charge in [-0.05, 0) is 48.1 Å². The van der Waals surface area contributed by atoms with Crippen LogP contribution in [-0.4, -0.2) is 18.6 Å². The fraction of sp³-hybridized carbons (Fsp3) is 0.389. The van der Waals surface area contributed by atoms with E-state index in [0.717, 1.165) is 28.2 Å². The van der Waals surface area contributed by atoms with E-state index in [9.17, 15) is 4.79 Å². The quantitative estimate of drug-likeness (QED) is 0.776. The highest BCUT2D eigenvalue weighted by Crippen LogP contribution is 2.27. The zero-order chi connectivity index (χ0) is 16.9. The third kappa shape index (κ3) is 5.23. The fourth-order valence-electron chi connectivity index (χ4n) is 2.41. The zero-order valence-corrected chi connectivity index (χ0v) is 15.9. The Hall–Kier alpha value is -1.56. The van der Waals surface area contributed by atoms with Crippen LogP contribution in [-0.2, 0) is 11.3 Å². The second-order valence-electron chi connectivity index (χ2n) is 5.88. The van der Waals surface area contributed by atoms with Crippen LogP contribution in [0.15, 0.2) is 35.7 Å². The molecule has 1 heterocycles. The molecule has 3 N–H and O–H groups in total. The van der Waals surface area contributed by atoms with E-state index >= 15 is 0 Å². The number of amides is 1. The van der Waals surface area contributed by atoms with Gasteiger partial charge >= 0.3 is 0 Å². The summed E-state index contributed by atoms with van der Waals surface area (Å²) in [4.78, 5) is 13.2. The van der Waals surface area contributed by atoms with Gasteiger partial charge in [0, 0.05) is 4.88 Å². The van der Waals surface area contributed by atoms with Gasteiger partial charge in [0.2, 0.25) is 5.91 Å². The van der Waals surface area contributed by atoms with Gasteiger partial charge in [-0.1, -0.05) is 25.5 Å². The van der Waals surface area contributed by atoms with Gasteiger partial charge in [-0.15, -0.1) is 23.7 Å². The molecule has 1 aromatic heterocycles. The lowest BCUT2D eigenvalue weighted by Gasteiger charge is -2.22. The van der Waals surface area contributed by atoms with Crippen molar-refractivity contribution in [3.8, 4) is 16.9 Å². The lowest BCUT2D eigenvalue weighted by atomic mass is 9.96. The first kappa shape index (κ1) is 20.5. The van der Waals surface area contributed by atoms with Crippen molar-refractivity contribution in [2.45, 2.75) is 38.8 Å². The van der Waals surface area contributed by atoms with E-state index in [0.29, 0.717) is 13.0 Å². The number of thiophene rings is 1. The number of carbonyl (C=O) groups is 1. The van der Waals surface area contributed by atoms with Crippen LogP contribution in [0.25, 0.3) is 11.1 Å². The number of ether oxygens (including phenoxy) is 1. The molecule has 1 amide bonds. The highest BCUT2D eigenvalue weighted by atomic mass is 35.5.